The lowest BCUT2D eigenvalue weighted by molar-refractivity contribution is 0.142. The van der Waals surface area contributed by atoms with Crippen molar-refractivity contribution in [3.8, 4) is 28.4 Å². The fraction of sp³-hybridized carbons (Fsp3) is 0.0278. The van der Waals surface area contributed by atoms with Gasteiger partial charge in [0.25, 0.3) is 0 Å². The Morgan fingerprint density at radius 3 is 2.26 bits per heavy atom. The predicted molar refractivity (Wildman–Crippen MR) is 169 cm³/mol. The molecule has 8 rings (SSSR count). The molecule has 0 aliphatic carbocycles. The van der Waals surface area contributed by atoms with Gasteiger partial charge in [-0.3, -0.25) is 4.57 Å². The summed E-state index contributed by atoms with van der Waals surface area (Å²) in [7, 11) is 1.90. The zero-order valence-electron chi connectivity index (χ0n) is 22.9. The van der Waals surface area contributed by atoms with E-state index in [0.717, 1.165) is 56.2 Å². The number of hydroxylamine groups is 1. The molecule has 0 saturated carbocycles. The molecule has 6 heteroatoms. The molecule has 2 aromatic heterocycles. The molecule has 0 unspecified atom stereocenters. The molecular formula is C36H26N4O2. The number of fused-ring (bicyclic) bond motifs is 4. The highest BCUT2D eigenvalue weighted by Gasteiger charge is 2.26. The first kappa shape index (κ1) is 24.2. The van der Waals surface area contributed by atoms with E-state index in [4.69, 9.17) is 14.7 Å². The number of aromatic nitrogens is 2. The van der Waals surface area contributed by atoms with E-state index in [1.54, 1.807) is 5.06 Å². The van der Waals surface area contributed by atoms with Gasteiger partial charge >= 0.3 is 0 Å². The van der Waals surface area contributed by atoms with E-state index in [0.29, 0.717) is 5.75 Å². The summed E-state index contributed by atoms with van der Waals surface area (Å²) in [5.41, 5.74) is 7.26. The lowest BCUT2D eigenvalue weighted by Gasteiger charge is -2.18. The minimum absolute atomic E-state index is 0.717. The van der Waals surface area contributed by atoms with Crippen molar-refractivity contribution in [1.82, 2.24) is 9.55 Å². The number of hydrogen-bond acceptors (Lipinski definition) is 5. The van der Waals surface area contributed by atoms with Crippen LogP contribution in [-0.2, 0) is 4.94 Å². The molecule has 0 bridgehead atoms. The van der Waals surface area contributed by atoms with Gasteiger partial charge in [0, 0.05) is 36.1 Å². The molecule has 0 atom stereocenters. The predicted octanol–water partition coefficient (Wildman–Crippen LogP) is 9.07. The van der Waals surface area contributed by atoms with Gasteiger partial charge in [0.2, 0.25) is 0 Å². The first-order chi connectivity index (χ1) is 20.7. The van der Waals surface area contributed by atoms with Crippen molar-refractivity contribution in [2.75, 3.05) is 17.2 Å². The number of hydrogen-bond donors (Lipinski definition) is 0. The summed E-state index contributed by atoms with van der Waals surface area (Å²) in [6.07, 6.45) is 1.88. The van der Waals surface area contributed by atoms with E-state index >= 15 is 0 Å². The smallest absolute Gasteiger partial charge is 0.138 e. The van der Waals surface area contributed by atoms with Crippen molar-refractivity contribution in [1.29, 1.82) is 0 Å². The SMILES string of the molecule is CN1ON(c2cccc(Oc3ccc4c5ccccc5n(-c5cc(-c6ccccc6)ccn5)c4c3)c2)c2ccccc21. The molecule has 42 heavy (non-hydrogen) atoms. The van der Waals surface area contributed by atoms with E-state index in [1.807, 2.05) is 79.0 Å². The Morgan fingerprint density at radius 2 is 1.36 bits per heavy atom. The molecule has 0 fully saturated rings. The number of ether oxygens (including phenoxy) is 1. The van der Waals surface area contributed by atoms with Gasteiger partial charge in [0.15, 0.2) is 0 Å². The van der Waals surface area contributed by atoms with Crippen LogP contribution in [0.3, 0.4) is 0 Å². The van der Waals surface area contributed by atoms with Crippen molar-refractivity contribution in [3.05, 3.63) is 140 Å². The minimum Gasteiger partial charge on any atom is -0.457 e. The first-order valence-electron chi connectivity index (χ1n) is 13.9. The Hall–Kier alpha value is -5.59. The Kier molecular flexibility index (Phi) is 5.65. The normalized spacial score (nSPS) is 12.7. The summed E-state index contributed by atoms with van der Waals surface area (Å²) in [4.78, 5) is 10.8. The van der Waals surface area contributed by atoms with Gasteiger partial charge in [0.05, 0.1) is 28.1 Å². The molecule has 0 saturated heterocycles. The van der Waals surface area contributed by atoms with Crippen molar-refractivity contribution >= 4 is 38.9 Å². The average molecular weight is 547 g/mol. The summed E-state index contributed by atoms with van der Waals surface area (Å²) in [6.45, 7) is 0. The zero-order chi connectivity index (χ0) is 28.0. The van der Waals surface area contributed by atoms with Crippen LogP contribution >= 0.6 is 0 Å². The summed E-state index contributed by atoms with van der Waals surface area (Å²) >= 11 is 0. The van der Waals surface area contributed by atoms with Gasteiger partial charge < -0.3 is 4.74 Å². The fourth-order valence-corrected chi connectivity index (χ4v) is 5.72. The second kappa shape index (κ2) is 9.80. The zero-order valence-corrected chi connectivity index (χ0v) is 22.9. The Bertz CT molecular complexity index is 2090. The maximum Gasteiger partial charge on any atom is 0.138 e. The lowest BCUT2D eigenvalue weighted by atomic mass is 10.1. The number of nitrogens with zero attached hydrogens (tertiary/aromatic N) is 4. The van der Waals surface area contributed by atoms with Crippen LogP contribution in [0.2, 0.25) is 0 Å². The third kappa shape index (κ3) is 4.05. The molecule has 0 amide bonds. The van der Waals surface area contributed by atoms with Gasteiger partial charge in [-0.2, -0.15) is 5.06 Å². The van der Waals surface area contributed by atoms with E-state index in [1.165, 1.54) is 5.39 Å². The highest BCUT2D eigenvalue weighted by atomic mass is 16.8. The second-order valence-electron chi connectivity index (χ2n) is 10.3. The molecule has 3 heterocycles. The van der Waals surface area contributed by atoms with Crippen molar-refractivity contribution in [2.45, 2.75) is 0 Å². The molecule has 0 N–H and O–H groups in total. The van der Waals surface area contributed by atoms with Gasteiger partial charge in [0.1, 0.15) is 17.3 Å². The first-order valence-corrected chi connectivity index (χ1v) is 13.9. The minimum atomic E-state index is 0.717. The molecule has 1 aliphatic rings. The molecule has 0 spiro atoms. The Labute approximate surface area is 243 Å². The van der Waals surface area contributed by atoms with Crippen molar-refractivity contribution in [3.63, 3.8) is 0 Å². The molecule has 1 aliphatic heterocycles. The molecule has 202 valence electrons. The fourth-order valence-electron chi connectivity index (χ4n) is 5.72. The van der Waals surface area contributed by atoms with Crippen LogP contribution in [0.15, 0.2) is 140 Å². The van der Waals surface area contributed by atoms with Gasteiger partial charge in [-0.05, 0) is 65.7 Å². The van der Waals surface area contributed by atoms with Crippen LogP contribution in [0.1, 0.15) is 0 Å². The average Bonchev–Trinajstić information content (AvgIpc) is 3.56. The molecular weight excluding hydrogens is 520 g/mol. The van der Waals surface area contributed by atoms with Crippen molar-refractivity contribution < 1.29 is 9.68 Å². The molecule has 0 radical (unpaired) electrons. The van der Waals surface area contributed by atoms with Gasteiger partial charge in [-0.25, -0.2) is 10.0 Å². The summed E-state index contributed by atoms with van der Waals surface area (Å²) < 4.78 is 8.67. The van der Waals surface area contributed by atoms with E-state index in [-0.39, 0.29) is 0 Å². The van der Waals surface area contributed by atoms with Crippen molar-refractivity contribution in [2.24, 2.45) is 0 Å². The summed E-state index contributed by atoms with van der Waals surface area (Å²) in [5.74, 6) is 2.31. The van der Waals surface area contributed by atoms with E-state index in [2.05, 4.69) is 77.4 Å². The summed E-state index contributed by atoms with van der Waals surface area (Å²) in [6, 6.07) is 45.3. The second-order valence-corrected chi connectivity index (χ2v) is 10.3. The van der Waals surface area contributed by atoms with Crippen LogP contribution < -0.4 is 14.9 Å². The molecule has 5 aromatic carbocycles. The highest BCUT2D eigenvalue weighted by Crippen LogP contribution is 2.42. The Balaban J connectivity index is 1.20. The van der Waals surface area contributed by atoms with Crippen LogP contribution in [0.4, 0.5) is 17.1 Å². The van der Waals surface area contributed by atoms with Crippen LogP contribution in [-0.4, -0.2) is 16.6 Å². The maximum atomic E-state index is 6.45. The largest absolute Gasteiger partial charge is 0.457 e. The number of anilines is 3. The lowest BCUT2D eigenvalue weighted by Crippen LogP contribution is -2.20. The Morgan fingerprint density at radius 1 is 0.595 bits per heavy atom. The van der Waals surface area contributed by atoms with Crippen LogP contribution in [0.25, 0.3) is 38.8 Å². The quantitative estimate of drug-likeness (QED) is 0.215. The molecule has 6 nitrogen and oxygen atoms in total. The monoisotopic (exact) mass is 546 g/mol. The number of benzene rings is 5. The number of rotatable bonds is 5. The van der Waals surface area contributed by atoms with Gasteiger partial charge in [-0.15, -0.1) is 4.94 Å². The summed E-state index contributed by atoms with van der Waals surface area (Å²) in [5, 5.41) is 5.89. The standard InChI is InChI=1S/C36H26N4O2/c1-38-33-16-7-8-17-34(33)40(42-38)27-12-9-13-28(23-27)41-29-18-19-31-30-14-5-6-15-32(30)39(35(31)24-29)36-22-26(20-21-37-36)25-10-3-2-4-11-25/h2-24H,1H3. The van der Waals surface area contributed by atoms with Crippen LogP contribution in [0.5, 0.6) is 11.5 Å². The maximum absolute atomic E-state index is 6.45. The highest BCUT2D eigenvalue weighted by molar-refractivity contribution is 6.09. The number of pyridine rings is 1. The van der Waals surface area contributed by atoms with Gasteiger partial charge in [-0.1, -0.05) is 66.7 Å². The molecule has 7 aromatic rings. The third-order valence-electron chi connectivity index (χ3n) is 7.66. The van der Waals surface area contributed by atoms with E-state index < -0.39 is 0 Å². The van der Waals surface area contributed by atoms with E-state index in [9.17, 15) is 0 Å². The number of para-hydroxylation sites is 3. The topological polar surface area (TPSA) is 42.8 Å². The third-order valence-corrected chi connectivity index (χ3v) is 7.66. The van der Waals surface area contributed by atoms with Crippen LogP contribution in [0, 0.1) is 0 Å².